The summed E-state index contributed by atoms with van der Waals surface area (Å²) in [6.07, 6.45) is 6.57. The van der Waals surface area contributed by atoms with Gasteiger partial charge in [-0.2, -0.15) is 0 Å². The van der Waals surface area contributed by atoms with E-state index in [1.54, 1.807) is 47.9 Å². The molecule has 0 radical (unpaired) electrons. The molecule has 0 saturated heterocycles. The van der Waals surface area contributed by atoms with Gasteiger partial charge in [0, 0.05) is 41.4 Å². The van der Waals surface area contributed by atoms with E-state index in [0.29, 0.717) is 11.4 Å². The summed E-state index contributed by atoms with van der Waals surface area (Å²) in [4.78, 5) is 49.6. The molecule has 0 atom stereocenters. The number of rotatable bonds is 5. The maximum Gasteiger partial charge on any atom is 0.328 e. The number of imidazole rings is 1. The van der Waals surface area contributed by atoms with Gasteiger partial charge in [-0.25, -0.2) is 9.78 Å². The summed E-state index contributed by atoms with van der Waals surface area (Å²) in [6.45, 7) is -0.0348. The summed E-state index contributed by atoms with van der Waals surface area (Å²) in [5, 5.41) is 4.66. The van der Waals surface area contributed by atoms with Crippen LogP contribution < -0.4 is 16.6 Å². The summed E-state index contributed by atoms with van der Waals surface area (Å²) in [6, 6.07) is 12.3. The lowest BCUT2D eigenvalue weighted by atomic mass is 10.1. The molecule has 158 valence electrons. The van der Waals surface area contributed by atoms with Gasteiger partial charge >= 0.3 is 5.69 Å². The second kappa shape index (κ2) is 8.08. The minimum Gasteiger partial charge on any atom is -0.322 e. The molecule has 1 amide bonds. The third-order valence-corrected chi connectivity index (χ3v) is 5.65. The zero-order valence-electron chi connectivity index (χ0n) is 16.6. The van der Waals surface area contributed by atoms with E-state index in [4.69, 9.17) is 0 Å². The van der Waals surface area contributed by atoms with Crippen LogP contribution in [0.2, 0.25) is 0 Å². The van der Waals surface area contributed by atoms with Crippen molar-refractivity contribution in [3.63, 3.8) is 0 Å². The normalized spacial score (nSPS) is 11.0. The first-order valence-electron chi connectivity index (χ1n) is 9.65. The number of benzene rings is 1. The Hall–Kier alpha value is -4.31. The van der Waals surface area contributed by atoms with Crippen LogP contribution in [0.3, 0.4) is 0 Å². The van der Waals surface area contributed by atoms with E-state index < -0.39 is 17.2 Å². The van der Waals surface area contributed by atoms with Crippen LogP contribution >= 0.6 is 11.3 Å². The van der Waals surface area contributed by atoms with Crippen molar-refractivity contribution in [2.75, 3.05) is 5.32 Å². The number of aromatic nitrogens is 5. The largest absolute Gasteiger partial charge is 0.328 e. The summed E-state index contributed by atoms with van der Waals surface area (Å²) < 4.78 is 2.90. The molecular formula is C22H16N6O3S. The molecule has 0 unspecified atom stereocenters. The number of H-pyrrole nitrogens is 1. The highest BCUT2D eigenvalue weighted by molar-refractivity contribution is 7.15. The monoisotopic (exact) mass is 444 g/mol. The van der Waals surface area contributed by atoms with Crippen molar-refractivity contribution in [1.29, 1.82) is 0 Å². The number of nitrogens with zero attached hydrogens (tertiary/aromatic N) is 4. The molecule has 4 aromatic heterocycles. The molecule has 4 heterocycles. The van der Waals surface area contributed by atoms with Crippen LogP contribution in [0, 0.1) is 0 Å². The van der Waals surface area contributed by atoms with Gasteiger partial charge in [-0.05, 0) is 24.3 Å². The summed E-state index contributed by atoms with van der Waals surface area (Å²) in [5.41, 5.74) is 1.31. The molecule has 0 saturated carbocycles. The number of nitrogens with one attached hydrogen (secondary N) is 2. The SMILES string of the molecule is O=C(Nc1ccc(-c2cn3ccsc3n2)cc1)c1c[nH]c(=O)n(Cc2ccccn2)c1=O. The van der Waals surface area contributed by atoms with E-state index in [-0.39, 0.29) is 12.1 Å². The van der Waals surface area contributed by atoms with Gasteiger partial charge in [-0.15, -0.1) is 11.3 Å². The van der Waals surface area contributed by atoms with Crippen molar-refractivity contribution in [2.24, 2.45) is 0 Å². The number of pyridine rings is 1. The van der Waals surface area contributed by atoms with Crippen LogP contribution in [0.5, 0.6) is 0 Å². The van der Waals surface area contributed by atoms with E-state index in [0.717, 1.165) is 27.0 Å². The van der Waals surface area contributed by atoms with E-state index in [9.17, 15) is 14.4 Å². The Labute approximate surface area is 184 Å². The molecule has 10 heteroatoms. The molecule has 2 N–H and O–H groups in total. The molecule has 0 aliphatic carbocycles. The molecular weight excluding hydrogens is 428 g/mol. The Bertz CT molecular complexity index is 1500. The Kier molecular flexibility index (Phi) is 4.96. The van der Waals surface area contributed by atoms with Crippen molar-refractivity contribution in [1.82, 2.24) is 23.9 Å². The number of hydrogen-bond donors (Lipinski definition) is 2. The van der Waals surface area contributed by atoms with Crippen molar-refractivity contribution < 1.29 is 4.79 Å². The van der Waals surface area contributed by atoms with Crippen molar-refractivity contribution in [3.05, 3.63) is 105 Å². The zero-order valence-corrected chi connectivity index (χ0v) is 17.4. The number of carbonyl (C=O) groups is 1. The second-order valence-corrected chi connectivity index (χ2v) is 7.84. The number of anilines is 1. The molecule has 1 aromatic carbocycles. The molecule has 0 spiro atoms. The lowest BCUT2D eigenvalue weighted by molar-refractivity contribution is 0.102. The number of aromatic amines is 1. The first-order valence-corrected chi connectivity index (χ1v) is 10.5. The first-order chi connectivity index (χ1) is 15.6. The van der Waals surface area contributed by atoms with Gasteiger partial charge in [0.2, 0.25) is 0 Å². The van der Waals surface area contributed by atoms with E-state index in [1.807, 2.05) is 34.3 Å². The van der Waals surface area contributed by atoms with Crippen molar-refractivity contribution >= 4 is 27.9 Å². The Morgan fingerprint density at radius 1 is 1.12 bits per heavy atom. The fourth-order valence-corrected chi connectivity index (χ4v) is 3.96. The maximum absolute atomic E-state index is 12.8. The predicted molar refractivity (Wildman–Crippen MR) is 121 cm³/mol. The lowest BCUT2D eigenvalue weighted by Crippen LogP contribution is -2.39. The summed E-state index contributed by atoms with van der Waals surface area (Å²) in [5.74, 6) is -0.615. The van der Waals surface area contributed by atoms with E-state index in [2.05, 4.69) is 20.3 Å². The quantitative estimate of drug-likeness (QED) is 0.433. The molecule has 5 aromatic rings. The third kappa shape index (κ3) is 3.74. The number of carbonyl (C=O) groups excluding carboxylic acids is 1. The standard InChI is InChI=1S/C22H16N6O3S/c29-19(17-11-24-21(31)28(20(17)30)12-16-3-1-2-8-23-16)25-15-6-4-14(5-7-15)18-13-27-9-10-32-22(27)26-18/h1-11,13H,12H2,(H,24,31)(H,25,29). The van der Waals surface area contributed by atoms with Crippen LogP contribution in [0.15, 0.2) is 82.2 Å². The Morgan fingerprint density at radius 2 is 1.97 bits per heavy atom. The molecule has 32 heavy (non-hydrogen) atoms. The topological polar surface area (TPSA) is 114 Å². The van der Waals surface area contributed by atoms with Crippen LogP contribution in [0.1, 0.15) is 16.1 Å². The Morgan fingerprint density at radius 3 is 2.72 bits per heavy atom. The van der Waals surface area contributed by atoms with E-state index in [1.165, 1.54) is 0 Å². The second-order valence-electron chi connectivity index (χ2n) is 6.97. The van der Waals surface area contributed by atoms with Crippen LogP contribution in [-0.2, 0) is 6.54 Å². The first kappa shape index (κ1) is 19.6. The van der Waals surface area contributed by atoms with Gasteiger partial charge in [0.1, 0.15) is 5.56 Å². The fourth-order valence-electron chi connectivity index (χ4n) is 3.26. The highest BCUT2D eigenvalue weighted by Crippen LogP contribution is 2.23. The zero-order chi connectivity index (χ0) is 22.1. The smallest absolute Gasteiger partial charge is 0.322 e. The minimum absolute atomic E-state index is 0.0348. The predicted octanol–water partition coefficient (Wildman–Crippen LogP) is 2.61. The Balaban J connectivity index is 1.36. The number of fused-ring (bicyclic) bond motifs is 1. The van der Waals surface area contributed by atoms with Crippen molar-refractivity contribution in [2.45, 2.75) is 6.54 Å². The van der Waals surface area contributed by atoms with Gasteiger partial charge < -0.3 is 10.3 Å². The van der Waals surface area contributed by atoms with E-state index >= 15 is 0 Å². The van der Waals surface area contributed by atoms with Gasteiger partial charge in [-0.3, -0.25) is 23.5 Å². The van der Waals surface area contributed by atoms with Gasteiger partial charge in [0.25, 0.3) is 11.5 Å². The highest BCUT2D eigenvalue weighted by Gasteiger charge is 2.16. The minimum atomic E-state index is -0.688. The molecule has 5 rings (SSSR count). The summed E-state index contributed by atoms with van der Waals surface area (Å²) in [7, 11) is 0. The fraction of sp³-hybridized carbons (Fsp3) is 0.0455. The molecule has 9 nitrogen and oxygen atoms in total. The number of hydrogen-bond acceptors (Lipinski definition) is 6. The number of amides is 1. The molecule has 0 aliphatic rings. The molecule has 0 bridgehead atoms. The third-order valence-electron chi connectivity index (χ3n) is 4.88. The van der Waals surface area contributed by atoms with Crippen molar-refractivity contribution in [3.8, 4) is 11.3 Å². The molecule has 0 fully saturated rings. The van der Waals surface area contributed by atoms with Gasteiger partial charge in [-0.1, -0.05) is 18.2 Å². The highest BCUT2D eigenvalue weighted by atomic mass is 32.1. The molecule has 0 aliphatic heterocycles. The van der Waals surface area contributed by atoms with Crippen LogP contribution in [0.25, 0.3) is 16.2 Å². The average Bonchev–Trinajstić information content (AvgIpc) is 3.40. The number of thiazole rings is 1. The summed E-state index contributed by atoms with van der Waals surface area (Å²) >= 11 is 1.55. The van der Waals surface area contributed by atoms with Crippen LogP contribution in [0.4, 0.5) is 5.69 Å². The van der Waals surface area contributed by atoms with Crippen LogP contribution in [-0.4, -0.2) is 29.8 Å². The average molecular weight is 444 g/mol. The lowest BCUT2D eigenvalue weighted by Gasteiger charge is -2.08. The van der Waals surface area contributed by atoms with Gasteiger partial charge in [0.05, 0.1) is 17.9 Å². The van der Waals surface area contributed by atoms with Gasteiger partial charge in [0.15, 0.2) is 4.96 Å². The maximum atomic E-state index is 12.8.